The average Bonchev–Trinajstić information content (AvgIpc) is 2.21. The van der Waals surface area contributed by atoms with Crippen LogP contribution in [0.25, 0.3) is 0 Å². The Bertz CT molecular complexity index is 525. The predicted molar refractivity (Wildman–Crippen MR) is 58.9 cm³/mol. The van der Waals surface area contributed by atoms with E-state index in [0.717, 1.165) is 12.3 Å². The molecule has 0 unspecified atom stereocenters. The van der Waals surface area contributed by atoms with Gasteiger partial charge in [0.25, 0.3) is 5.56 Å². The molecule has 8 heteroatoms. The molecule has 0 saturated heterocycles. The van der Waals surface area contributed by atoms with E-state index in [1.165, 1.54) is 6.92 Å². The van der Waals surface area contributed by atoms with Crippen LogP contribution >= 0.6 is 11.6 Å². The molecule has 1 aromatic heterocycles. The van der Waals surface area contributed by atoms with Crippen molar-refractivity contribution in [1.82, 2.24) is 9.71 Å². The molecule has 1 heterocycles. The van der Waals surface area contributed by atoms with Crippen LogP contribution in [0.5, 0.6) is 0 Å². The molecular weight excluding hydrogens is 256 g/mol. The topological polar surface area (TPSA) is 99.3 Å². The van der Waals surface area contributed by atoms with Gasteiger partial charge in [-0.25, -0.2) is 13.1 Å². The molecule has 6 nitrogen and oxygen atoms in total. The van der Waals surface area contributed by atoms with Gasteiger partial charge in [-0.1, -0.05) is 11.6 Å². The van der Waals surface area contributed by atoms with Crippen molar-refractivity contribution in [2.45, 2.75) is 17.9 Å². The van der Waals surface area contributed by atoms with Gasteiger partial charge in [0.2, 0.25) is 10.0 Å². The van der Waals surface area contributed by atoms with Crippen molar-refractivity contribution in [1.29, 1.82) is 0 Å². The Balaban J connectivity index is 3.08. The van der Waals surface area contributed by atoms with Gasteiger partial charge in [0.15, 0.2) is 0 Å². The van der Waals surface area contributed by atoms with Crippen molar-refractivity contribution in [2.24, 2.45) is 0 Å². The van der Waals surface area contributed by atoms with Crippen LogP contribution < -0.4 is 10.3 Å². The number of pyridine rings is 1. The first-order chi connectivity index (χ1) is 7.36. The fourth-order valence-corrected chi connectivity index (χ4v) is 2.43. The van der Waals surface area contributed by atoms with Gasteiger partial charge in [0.1, 0.15) is 5.02 Å². The van der Waals surface area contributed by atoms with Crippen molar-refractivity contribution in [3.05, 3.63) is 27.6 Å². The maximum absolute atomic E-state index is 11.7. The lowest BCUT2D eigenvalue weighted by atomic mass is 10.4. The molecule has 0 aliphatic rings. The Morgan fingerprint density at radius 2 is 2.25 bits per heavy atom. The lowest BCUT2D eigenvalue weighted by Gasteiger charge is -2.11. The number of aliphatic hydroxyl groups is 1. The van der Waals surface area contributed by atoms with Crippen molar-refractivity contribution in [2.75, 3.05) is 6.61 Å². The van der Waals surface area contributed by atoms with Crippen LogP contribution in [-0.2, 0) is 10.0 Å². The standard InChI is InChI=1S/C8H11ClN2O4S/c1-5(4-12)11-16(14,15)6-2-7(9)8(13)10-3-6/h2-3,5,11-12H,4H2,1H3,(H,10,13)/t5-/m1/s1. The van der Waals surface area contributed by atoms with Crippen LogP contribution in [0, 0.1) is 0 Å². The molecule has 0 radical (unpaired) electrons. The summed E-state index contributed by atoms with van der Waals surface area (Å²) in [6, 6.07) is 0.433. The second-order valence-corrected chi connectivity index (χ2v) is 5.34. The normalized spacial score (nSPS) is 13.7. The third-order valence-electron chi connectivity index (χ3n) is 1.77. The third-order valence-corrected chi connectivity index (χ3v) is 3.62. The summed E-state index contributed by atoms with van der Waals surface area (Å²) >= 11 is 5.50. The quantitative estimate of drug-likeness (QED) is 0.696. The molecule has 0 saturated carbocycles. The van der Waals surface area contributed by atoms with Gasteiger partial charge in [0, 0.05) is 12.2 Å². The minimum atomic E-state index is -3.78. The van der Waals surface area contributed by atoms with Crippen molar-refractivity contribution in [3.63, 3.8) is 0 Å². The fraction of sp³-hybridized carbons (Fsp3) is 0.375. The molecule has 3 N–H and O–H groups in total. The highest BCUT2D eigenvalue weighted by Crippen LogP contribution is 2.10. The monoisotopic (exact) mass is 266 g/mol. The van der Waals surface area contributed by atoms with Crippen LogP contribution in [0.2, 0.25) is 5.02 Å². The first kappa shape index (κ1) is 13.2. The van der Waals surface area contributed by atoms with Gasteiger partial charge in [-0.15, -0.1) is 0 Å². The maximum atomic E-state index is 11.7. The van der Waals surface area contributed by atoms with E-state index in [-0.39, 0.29) is 16.5 Å². The Morgan fingerprint density at radius 3 is 2.75 bits per heavy atom. The number of aromatic amines is 1. The van der Waals surface area contributed by atoms with Crippen molar-refractivity contribution in [3.8, 4) is 0 Å². The Morgan fingerprint density at radius 1 is 1.62 bits per heavy atom. The van der Waals surface area contributed by atoms with Crippen LogP contribution in [0.15, 0.2) is 22.0 Å². The molecule has 0 aliphatic heterocycles. The summed E-state index contributed by atoms with van der Waals surface area (Å²) in [4.78, 5) is 13.0. The minimum Gasteiger partial charge on any atom is -0.395 e. The van der Waals surface area contributed by atoms with Crippen molar-refractivity contribution >= 4 is 21.6 Å². The highest BCUT2D eigenvalue weighted by molar-refractivity contribution is 7.89. The smallest absolute Gasteiger partial charge is 0.266 e. The Labute approximate surface area is 97.3 Å². The van der Waals surface area contributed by atoms with Crippen molar-refractivity contribution < 1.29 is 13.5 Å². The second-order valence-electron chi connectivity index (χ2n) is 3.22. The molecule has 0 amide bonds. The zero-order chi connectivity index (χ0) is 12.3. The molecule has 0 fully saturated rings. The Kier molecular flexibility index (Phi) is 4.09. The SMILES string of the molecule is C[C@H](CO)NS(=O)(=O)c1c[nH]c(=O)c(Cl)c1. The van der Waals surface area contributed by atoms with Gasteiger partial charge in [-0.05, 0) is 13.0 Å². The molecule has 0 spiro atoms. The average molecular weight is 267 g/mol. The number of aromatic nitrogens is 1. The van der Waals surface area contributed by atoms with Crippen LogP contribution in [0.3, 0.4) is 0 Å². The summed E-state index contributed by atoms with van der Waals surface area (Å²) < 4.78 is 25.5. The third kappa shape index (κ3) is 3.05. The van der Waals surface area contributed by atoms with E-state index in [4.69, 9.17) is 16.7 Å². The Hall–Kier alpha value is -0.890. The summed E-state index contributed by atoms with van der Waals surface area (Å²) in [5.41, 5.74) is -0.559. The van der Waals surface area contributed by atoms with Gasteiger partial charge in [-0.2, -0.15) is 0 Å². The zero-order valence-corrected chi connectivity index (χ0v) is 9.97. The number of aliphatic hydroxyl groups excluding tert-OH is 1. The van der Waals surface area contributed by atoms with Crippen LogP contribution in [0.1, 0.15) is 6.92 Å². The molecule has 0 aromatic carbocycles. The number of hydrogen-bond acceptors (Lipinski definition) is 4. The summed E-state index contributed by atoms with van der Waals surface area (Å²) in [6.45, 7) is 1.18. The number of sulfonamides is 1. The first-order valence-corrected chi connectivity index (χ1v) is 6.24. The summed E-state index contributed by atoms with van der Waals surface area (Å²) in [6.07, 6.45) is 1.04. The number of hydrogen-bond donors (Lipinski definition) is 3. The van der Waals surface area contributed by atoms with Gasteiger partial charge in [0.05, 0.1) is 11.5 Å². The summed E-state index contributed by atoms with van der Waals surface area (Å²) in [5.74, 6) is 0. The van der Waals surface area contributed by atoms with E-state index in [2.05, 4.69) is 9.71 Å². The van der Waals surface area contributed by atoms with Gasteiger partial charge in [-0.3, -0.25) is 4.79 Å². The molecule has 0 bridgehead atoms. The summed E-state index contributed by atoms with van der Waals surface area (Å²) in [5, 5.41) is 8.52. The summed E-state index contributed by atoms with van der Waals surface area (Å²) in [7, 11) is -3.78. The van der Waals surface area contributed by atoms with Gasteiger partial charge < -0.3 is 10.1 Å². The number of halogens is 1. The highest BCUT2D eigenvalue weighted by Gasteiger charge is 2.17. The number of rotatable bonds is 4. The molecule has 1 atom stereocenters. The maximum Gasteiger partial charge on any atom is 0.266 e. The molecular formula is C8H11ClN2O4S. The lowest BCUT2D eigenvalue weighted by Crippen LogP contribution is -2.35. The number of nitrogens with one attached hydrogen (secondary N) is 2. The van der Waals surface area contributed by atoms with E-state index < -0.39 is 21.6 Å². The zero-order valence-electron chi connectivity index (χ0n) is 8.40. The molecule has 1 rings (SSSR count). The van der Waals surface area contributed by atoms with Crippen LogP contribution in [0.4, 0.5) is 0 Å². The van der Waals surface area contributed by atoms with E-state index >= 15 is 0 Å². The molecule has 0 aliphatic carbocycles. The van der Waals surface area contributed by atoms with E-state index in [9.17, 15) is 13.2 Å². The fourth-order valence-electron chi connectivity index (χ4n) is 0.963. The van der Waals surface area contributed by atoms with E-state index in [1.807, 2.05) is 0 Å². The highest BCUT2D eigenvalue weighted by atomic mass is 35.5. The van der Waals surface area contributed by atoms with Crippen LogP contribution in [-0.4, -0.2) is 31.2 Å². The largest absolute Gasteiger partial charge is 0.395 e. The predicted octanol–water partition coefficient (Wildman–Crippen LogP) is -0.313. The minimum absolute atomic E-state index is 0.155. The van der Waals surface area contributed by atoms with E-state index in [0.29, 0.717) is 0 Å². The lowest BCUT2D eigenvalue weighted by molar-refractivity contribution is 0.265. The van der Waals surface area contributed by atoms with E-state index in [1.54, 1.807) is 0 Å². The second kappa shape index (κ2) is 4.96. The molecule has 1 aromatic rings. The first-order valence-electron chi connectivity index (χ1n) is 4.38. The molecule has 16 heavy (non-hydrogen) atoms. The number of H-pyrrole nitrogens is 1. The van der Waals surface area contributed by atoms with Gasteiger partial charge >= 0.3 is 0 Å². The molecule has 90 valence electrons.